The van der Waals surface area contributed by atoms with Crippen molar-refractivity contribution < 1.29 is 9.53 Å². The predicted octanol–water partition coefficient (Wildman–Crippen LogP) is 3.39. The van der Waals surface area contributed by atoms with E-state index in [-0.39, 0.29) is 11.3 Å². The van der Waals surface area contributed by atoms with Gasteiger partial charge in [0.25, 0.3) is 0 Å². The molecule has 1 aromatic carbocycles. The van der Waals surface area contributed by atoms with Crippen molar-refractivity contribution in [2.24, 2.45) is 0 Å². The van der Waals surface area contributed by atoms with Crippen LogP contribution in [-0.4, -0.2) is 36.4 Å². The van der Waals surface area contributed by atoms with Crippen molar-refractivity contribution in [3.63, 3.8) is 0 Å². The van der Waals surface area contributed by atoms with Crippen LogP contribution in [0.5, 0.6) is 5.75 Å². The highest BCUT2D eigenvalue weighted by atomic mass is 16.5. The Morgan fingerprint density at radius 1 is 1.26 bits per heavy atom. The van der Waals surface area contributed by atoms with E-state index < -0.39 is 0 Å². The Labute approximate surface area is 116 Å². The van der Waals surface area contributed by atoms with E-state index in [0.717, 1.165) is 6.42 Å². The van der Waals surface area contributed by atoms with Crippen LogP contribution in [0.15, 0.2) is 24.3 Å². The summed E-state index contributed by atoms with van der Waals surface area (Å²) in [6, 6.07) is 7.45. The molecule has 0 heterocycles. The van der Waals surface area contributed by atoms with Gasteiger partial charge in [-0.15, -0.1) is 0 Å². The Morgan fingerprint density at radius 3 is 2.47 bits per heavy atom. The molecule has 0 aromatic heterocycles. The molecule has 0 aliphatic carbocycles. The molecule has 0 fully saturated rings. The number of para-hydroxylation sites is 1. The minimum Gasteiger partial charge on any atom is -0.493 e. The molecule has 0 saturated heterocycles. The summed E-state index contributed by atoms with van der Waals surface area (Å²) in [5.74, 6) is 0.783. The third-order valence-corrected chi connectivity index (χ3v) is 3.77. The lowest BCUT2D eigenvalue weighted by molar-refractivity contribution is 0.0843. The van der Waals surface area contributed by atoms with E-state index in [1.165, 1.54) is 0 Å². The molecule has 0 saturated carbocycles. The van der Waals surface area contributed by atoms with Gasteiger partial charge in [-0.05, 0) is 46.4 Å². The first-order valence-corrected chi connectivity index (χ1v) is 6.88. The van der Waals surface area contributed by atoms with E-state index in [1.807, 2.05) is 38.2 Å². The average molecular weight is 263 g/mol. The number of ketones is 1. The SMILES string of the molecule is CCOc1ccccc1C(=O)CN(C)C(C)(C)CC. The summed E-state index contributed by atoms with van der Waals surface area (Å²) in [5, 5.41) is 0. The van der Waals surface area contributed by atoms with Gasteiger partial charge in [0.05, 0.1) is 18.7 Å². The molecule has 0 N–H and O–H groups in total. The Bertz CT molecular complexity index is 427. The van der Waals surface area contributed by atoms with E-state index in [9.17, 15) is 4.79 Å². The molecule has 3 nitrogen and oxygen atoms in total. The number of nitrogens with zero attached hydrogens (tertiary/aromatic N) is 1. The van der Waals surface area contributed by atoms with Crippen molar-refractivity contribution in [2.75, 3.05) is 20.2 Å². The average Bonchev–Trinajstić information content (AvgIpc) is 2.39. The monoisotopic (exact) mass is 263 g/mol. The van der Waals surface area contributed by atoms with Crippen molar-refractivity contribution in [1.82, 2.24) is 4.90 Å². The molecule has 0 aliphatic heterocycles. The molecule has 0 radical (unpaired) electrons. The fourth-order valence-corrected chi connectivity index (χ4v) is 1.76. The van der Waals surface area contributed by atoms with Gasteiger partial charge in [-0.1, -0.05) is 19.1 Å². The Morgan fingerprint density at radius 2 is 1.89 bits per heavy atom. The van der Waals surface area contributed by atoms with Gasteiger partial charge in [-0.3, -0.25) is 9.69 Å². The zero-order valence-corrected chi connectivity index (χ0v) is 12.7. The molecule has 0 aliphatic rings. The lowest BCUT2D eigenvalue weighted by Gasteiger charge is -2.34. The van der Waals surface area contributed by atoms with Gasteiger partial charge in [0.15, 0.2) is 5.78 Å². The first-order chi connectivity index (χ1) is 8.92. The Hall–Kier alpha value is -1.35. The van der Waals surface area contributed by atoms with E-state index in [4.69, 9.17) is 4.74 Å². The number of Topliss-reactive ketones (excluding diaryl/α,β-unsaturated/α-hetero) is 1. The van der Waals surface area contributed by atoms with Crippen LogP contribution in [-0.2, 0) is 0 Å². The van der Waals surface area contributed by atoms with Crippen molar-refractivity contribution >= 4 is 5.78 Å². The number of carbonyl (C=O) groups excluding carboxylic acids is 1. The Balaban J connectivity index is 2.84. The molecule has 0 spiro atoms. The molecule has 0 unspecified atom stereocenters. The summed E-state index contributed by atoms with van der Waals surface area (Å²) in [6.07, 6.45) is 1.00. The van der Waals surface area contributed by atoms with Crippen LogP contribution in [0.2, 0.25) is 0 Å². The van der Waals surface area contributed by atoms with Crippen LogP contribution < -0.4 is 4.74 Å². The molecule has 1 rings (SSSR count). The number of likely N-dealkylation sites (N-methyl/N-ethyl adjacent to an activating group) is 1. The normalized spacial score (nSPS) is 11.7. The number of hydrogen-bond acceptors (Lipinski definition) is 3. The maximum atomic E-state index is 12.4. The Kier molecular flexibility index (Phi) is 5.55. The third kappa shape index (κ3) is 4.06. The highest BCUT2D eigenvalue weighted by Gasteiger charge is 2.24. The van der Waals surface area contributed by atoms with E-state index in [2.05, 4.69) is 25.7 Å². The predicted molar refractivity (Wildman–Crippen MR) is 78.9 cm³/mol. The summed E-state index contributed by atoms with van der Waals surface area (Å²) < 4.78 is 5.51. The van der Waals surface area contributed by atoms with Gasteiger partial charge in [0.1, 0.15) is 5.75 Å². The molecular weight excluding hydrogens is 238 g/mol. The number of ether oxygens (including phenoxy) is 1. The van der Waals surface area contributed by atoms with Crippen molar-refractivity contribution in [3.05, 3.63) is 29.8 Å². The molecule has 3 heteroatoms. The molecule has 1 aromatic rings. The fraction of sp³-hybridized carbons (Fsp3) is 0.562. The molecule has 0 atom stereocenters. The molecule has 106 valence electrons. The lowest BCUT2D eigenvalue weighted by Crippen LogP contribution is -2.43. The van der Waals surface area contributed by atoms with Crippen molar-refractivity contribution in [3.8, 4) is 5.75 Å². The van der Waals surface area contributed by atoms with Gasteiger partial charge < -0.3 is 4.74 Å². The first kappa shape index (κ1) is 15.7. The first-order valence-electron chi connectivity index (χ1n) is 6.88. The van der Waals surface area contributed by atoms with Crippen LogP contribution in [0.4, 0.5) is 0 Å². The summed E-state index contributed by atoms with van der Waals surface area (Å²) in [4.78, 5) is 14.5. The van der Waals surface area contributed by atoms with Gasteiger partial charge in [0, 0.05) is 5.54 Å². The van der Waals surface area contributed by atoms with Gasteiger partial charge >= 0.3 is 0 Å². The minimum absolute atomic E-state index is 0.0240. The van der Waals surface area contributed by atoms with Gasteiger partial charge in [-0.2, -0.15) is 0 Å². The van der Waals surface area contributed by atoms with Gasteiger partial charge in [0.2, 0.25) is 0 Å². The van der Waals surface area contributed by atoms with Crippen molar-refractivity contribution in [2.45, 2.75) is 39.7 Å². The van der Waals surface area contributed by atoms with E-state index >= 15 is 0 Å². The second-order valence-electron chi connectivity index (χ2n) is 5.37. The van der Waals surface area contributed by atoms with Crippen LogP contribution in [0, 0.1) is 0 Å². The maximum absolute atomic E-state index is 12.4. The topological polar surface area (TPSA) is 29.5 Å². The molecule has 0 bridgehead atoms. The second-order valence-corrected chi connectivity index (χ2v) is 5.37. The third-order valence-electron chi connectivity index (χ3n) is 3.77. The number of benzene rings is 1. The standard InChI is InChI=1S/C16H25NO2/c1-6-16(3,4)17(5)12-14(18)13-10-8-9-11-15(13)19-7-2/h8-11H,6-7,12H2,1-5H3. The van der Waals surface area contributed by atoms with Crippen molar-refractivity contribution in [1.29, 1.82) is 0 Å². The molecule has 19 heavy (non-hydrogen) atoms. The smallest absolute Gasteiger partial charge is 0.180 e. The number of hydrogen-bond donors (Lipinski definition) is 0. The highest BCUT2D eigenvalue weighted by molar-refractivity contribution is 6.00. The van der Waals surface area contributed by atoms with E-state index in [0.29, 0.717) is 24.5 Å². The fourth-order valence-electron chi connectivity index (χ4n) is 1.76. The molecule has 0 amide bonds. The van der Waals surface area contributed by atoms with Crippen LogP contribution in [0.25, 0.3) is 0 Å². The molecular formula is C16H25NO2. The van der Waals surface area contributed by atoms with Crippen LogP contribution >= 0.6 is 0 Å². The van der Waals surface area contributed by atoms with Crippen LogP contribution in [0.3, 0.4) is 0 Å². The minimum atomic E-state index is 0.0240. The zero-order valence-electron chi connectivity index (χ0n) is 12.7. The summed E-state index contributed by atoms with van der Waals surface area (Å²) in [7, 11) is 1.99. The van der Waals surface area contributed by atoms with Crippen LogP contribution in [0.1, 0.15) is 44.5 Å². The quantitative estimate of drug-likeness (QED) is 0.706. The summed E-state index contributed by atoms with van der Waals surface area (Å²) in [6.45, 7) is 9.33. The number of rotatable bonds is 7. The van der Waals surface area contributed by atoms with E-state index in [1.54, 1.807) is 0 Å². The zero-order chi connectivity index (χ0) is 14.5. The summed E-state index contributed by atoms with van der Waals surface area (Å²) >= 11 is 0. The number of carbonyl (C=O) groups is 1. The van der Waals surface area contributed by atoms with Gasteiger partial charge in [-0.25, -0.2) is 0 Å². The highest BCUT2D eigenvalue weighted by Crippen LogP contribution is 2.21. The summed E-state index contributed by atoms with van der Waals surface area (Å²) in [5.41, 5.74) is 0.694. The maximum Gasteiger partial charge on any atom is 0.180 e. The lowest BCUT2D eigenvalue weighted by atomic mass is 9.99. The largest absolute Gasteiger partial charge is 0.493 e. The second kappa shape index (κ2) is 6.71.